The first kappa shape index (κ1) is 13.0. The molecule has 17 heavy (non-hydrogen) atoms. The molecule has 1 aromatic rings. The summed E-state index contributed by atoms with van der Waals surface area (Å²) in [5.41, 5.74) is 7.07. The van der Waals surface area contributed by atoms with Crippen LogP contribution in [-0.2, 0) is 16.0 Å². The van der Waals surface area contributed by atoms with Gasteiger partial charge in [0.2, 0.25) is 11.8 Å². The molecule has 3 N–H and O–H groups in total. The van der Waals surface area contributed by atoms with Gasteiger partial charge in [-0.3, -0.25) is 9.59 Å². The molecule has 5 nitrogen and oxygen atoms in total. The summed E-state index contributed by atoms with van der Waals surface area (Å²) in [6.45, 7) is 0.0286. The molecule has 0 radical (unpaired) electrons. The minimum absolute atomic E-state index is 0.0286. The van der Waals surface area contributed by atoms with Crippen LogP contribution in [0.1, 0.15) is 5.56 Å². The lowest BCUT2D eigenvalue weighted by Gasteiger charge is -2.10. The SMILES string of the molecule is CN(C)C(=O)CNC(=O)Cc1ccc(N)cc1. The number of anilines is 1. The van der Waals surface area contributed by atoms with Crippen LogP contribution in [0.3, 0.4) is 0 Å². The Morgan fingerprint density at radius 3 is 2.35 bits per heavy atom. The average molecular weight is 235 g/mol. The molecule has 0 unspecified atom stereocenters. The van der Waals surface area contributed by atoms with Crippen LogP contribution in [0.15, 0.2) is 24.3 Å². The molecule has 1 aromatic carbocycles. The summed E-state index contributed by atoms with van der Waals surface area (Å²) in [6, 6.07) is 7.08. The van der Waals surface area contributed by atoms with Gasteiger partial charge in [0.25, 0.3) is 0 Å². The number of nitrogens with one attached hydrogen (secondary N) is 1. The maximum atomic E-state index is 11.5. The smallest absolute Gasteiger partial charge is 0.241 e. The minimum atomic E-state index is -0.176. The zero-order valence-electron chi connectivity index (χ0n) is 10.1. The van der Waals surface area contributed by atoms with Gasteiger partial charge in [0.1, 0.15) is 0 Å². The quantitative estimate of drug-likeness (QED) is 0.722. The zero-order valence-corrected chi connectivity index (χ0v) is 10.1. The molecule has 5 heteroatoms. The van der Waals surface area contributed by atoms with Crippen molar-refractivity contribution in [2.75, 3.05) is 26.4 Å². The summed E-state index contributed by atoms with van der Waals surface area (Å²) in [4.78, 5) is 24.2. The van der Waals surface area contributed by atoms with Gasteiger partial charge < -0.3 is 16.0 Å². The van der Waals surface area contributed by atoms with Gasteiger partial charge in [0, 0.05) is 19.8 Å². The van der Waals surface area contributed by atoms with Crippen LogP contribution in [0.5, 0.6) is 0 Å². The summed E-state index contributed by atoms with van der Waals surface area (Å²) in [5, 5.41) is 2.57. The monoisotopic (exact) mass is 235 g/mol. The van der Waals surface area contributed by atoms with Gasteiger partial charge in [-0.15, -0.1) is 0 Å². The Morgan fingerprint density at radius 1 is 1.24 bits per heavy atom. The Kier molecular flexibility index (Phi) is 4.51. The van der Waals surface area contributed by atoms with Crippen molar-refractivity contribution in [1.82, 2.24) is 10.2 Å². The summed E-state index contributed by atoms with van der Waals surface area (Å²) in [6.07, 6.45) is 0.251. The Hall–Kier alpha value is -2.04. The van der Waals surface area contributed by atoms with Crippen molar-refractivity contribution in [3.8, 4) is 0 Å². The number of nitrogens with zero attached hydrogens (tertiary/aromatic N) is 1. The number of rotatable bonds is 4. The lowest BCUT2D eigenvalue weighted by Crippen LogP contribution is -2.36. The maximum Gasteiger partial charge on any atom is 0.241 e. The third-order valence-corrected chi connectivity index (χ3v) is 2.28. The molecule has 0 bridgehead atoms. The van der Waals surface area contributed by atoms with E-state index in [9.17, 15) is 9.59 Å². The molecule has 0 fully saturated rings. The molecule has 0 atom stereocenters. The standard InChI is InChI=1S/C12H17N3O2/c1-15(2)12(17)8-14-11(16)7-9-3-5-10(13)6-4-9/h3-6H,7-8,13H2,1-2H3,(H,14,16). The molecular formula is C12H17N3O2. The van der Waals surface area contributed by atoms with E-state index in [1.165, 1.54) is 4.90 Å². The van der Waals surface area contributed by atoms with Gasteiger partial charge in [-0.05, 0) is 17.7 Å². The van der Waals surface area contributed by atoms with E-state index in [-0.39, 0.29) is 24.8 Å². The van der Waals surface area contributed by atoms with Crippen molar-refractivity contribution in [2.24, 2.45) is 0 Å². The van der Waals surface area contributed by atoms with Crippen LogP contribution in [0.25, 0.3) is 0 Å². The maximum absolute atomic E-state index is 11.5. The topological polar surface area (TPSA) is 75.4 Å². The fourth-order valence-corrected chi connectivity index (χ4v) is 1.22. The van der Waals surface area contributed by atoms with Crippen LogP contribution >= 0.6 is 0 Å². The Balaban J connectivity index is 2.40. The number of hydrogen-bond acceptors (Lipinski definition) is 3. The normalized spacial score (nSPS) is 9.76. The Labute approximate surface area is 101 Å². The van der Waals surface area contributed by atoms with Crippen molar-refractivity contribution in [1.29, 1.82) is 0 Å². The van der Waals surface area contributed by atoms with Crippen LogP contribution in [0.4, 0.5) is 5.69 Å². The molecule has 2 amide bonds. The van der Waals surface area contributed by atoms with Crippen LogP contribution in [0, 0.1) is 0 Å². The largest absolute Gasteiger partial charge is 0.399 e. The summed E-state index contributed by atoms with van der Waals surface area (Å²) >= 11 is 0. The van der Waals surface area contributed by atoms with Crippen molar-refractivity contribution < 1.29 is 9.59 Å². The van der Waals surface area contributed by atoms with Gasteiger partial charge >= 0.3 is 0 Å². The number of nitrogen functional groups attached to an aromatic ring is 1. The van der Waals surface area contributed by atoms with E-state index in [0.717, 1.165) is 5.56 Å². The zero-order chi connectivity index (χ0) is 12.8. The summed E-state index contributed by atoms with van der Waals surface area (Å²) < 4.78 is 0. The van der Waals surface area contributed by atoms with Crippen molar-refractivity contribution in [2.45, 2.75) is 6.42 Å². The van der Waals surface area contributed by atoms with E-state index in [1.807, 2.05) is 0 Å². The predicted molar refractivity (Wildman–Crippen MR) is 66.3 cm³/mol. The molecule has 0 aliphatic carbocycles. The summed E-state index contributed by atoms with van der Waals surface area (Å²) in [7, 11) is 3.29. The van der Waals surface area contributed by atoms with E-state index in [4.69, 9.17) is 5.73 Å². The third kappa shape index (κ3) is 4.55. The molecule has 1 rings (SSSR count). The molecule has 0 aromatic heterocycles. The van der Waals surface area contributed by atoms with Crippen LogP contribution in [-0.4, -0.2) is 37.4 Å². The Morgan fingerprint density at radius 2 is 1.82 bits per heavy atom. The molecule has 0 saturated heterocycles. The van der Waals surface area contributed by atoms with Crippen molar-refractivity contribution in [3.63, 3.8) is 0 Å². The number of likely N-dealkylation sites (N-methyl/N-ethyl adjacent to an activating group) is 1. The first-order valence-electron chi connectivity index (χ1n) is 5.30. The lowest BCUT2D eigenvalue weighted by molar-refractivity contribution is -0.130. The molecule has 0 saturated carbocycles. The second-order valence-corrected chi connectivity index (χ2v) is 3.98. The molecule has 92 valence electrons. The van der Waals surface area contributed by atoms with E-state index in [2.05, 4.69) is 5.32 Å². The van der Waals surface area contributed by atoms with Gasteiger partial charge in [-0.1, -0.05) is 12.1 Å². The van der Waals surface area contributed by atoms with Crippen molar-refractivity contribution in [3.05, 3.63) is 29.8 Å². The number of benzene rings is 1. The van der Waals surface area contributed by atoms with E-state index >= 15 is 0 Å². The van der Waals surface area contributed by atoms with Crippen molar-refractivity contribution >= 4 is 17.5 Å². The average Bonchev–Trinajstić information content (AvgIpc) is 2.29. The number of carbonyl (C=O) groups is 2. The third-order valence-electron chi connectivity index (χ3n) is 2.28. The highest BCUT2D eigenvalue weighted by atomic mass is 16.2. The minimum Gasteiger partial charge on any atom is -0.399 e. The fraction of sp³-hybridized carbons (Fsp3) is 0.333. The second kappa shape index (κ2) is 5.89. The highest BCUT2D eigenvalue weighted by Crippen LogP contribution is 2.05. The second-order valence-electron chi connectivity index (χ2n) is 3.98. The van der Waals surface area contributed by atoms with Gasteiger partial charge in [0.05, 0.1) is 13.0 Å². The number of nitrogens with two attached hydrogens (primary N) is 1. The first-order chi connectivity index (χ1) is 7.99. The lowest BCUT2D eigenvalue weighted by atomic mass is 10.1. The molecular weight excluding hydrogens is 218 g/mol. The molecule has 0 aliphatic rings. The first-order valence-corrected chi connectivity index (χ1v) is 5.30. The number of carbonyl (C=O) groups excluding carboxylic acids is 2. The molecule has 0 aliphatic heterocycles. The van der Waals surface area contributed by atoms with E-state index in [0.29, 0.717) is 5.69 Å². The van der Waals surface area contributed by atoms with Crippen LogP contribution < -0.4 is 11.1 Å². The molecule has 0 spiro atoms. The van der Waals surface area contributed by atoms with Crippen LogP contribution in [0.2, 0.25) is 0 Å². The van der Waals surface area contributed by atoms with Gasteiger partial charge in [-0.2, -0.15) is 0 Å². The summed E-state index contributed by atoms with van der Waals surface area (Å²) in [5.74, 6) is -0.305. The van der Waals surface area contributed by atoms with E-state index < -0.39 is 0 Å². The fourth-order valence-electron chi connectivity index (χ4n) is 1.22. The highest BCUT2D eigenvalue weighted by molar-refractivity contribution is 5.85. The predicted octanol–water partition coefficient (Wildman–Crippen LogP) is 0.0157. The van der Waals surface area contributed by atoms with Gasteiger partial charge in [-0.25, -0.2) is 0 Å². The van der Waals surface area contributed by atoms with E-state index in [1.54, 1.807) is 38.4 Å². The molecule has 0 heterocycles. The number of hydrogen-bond donors (Lipinski definition) is 2. The number of amides is 2. The Bertz CT molecular complexity index is 399. The van der Waals surface area contributed by atoms with Gasteiger partial charge in [0.15, 0.2) is 0 Å². The highest BCUT2D eigenvalue weighted by Gasteiger charge is 2.07.